The number of alkyl halides is 1. The molecule has 0 amide bonds. The number of fused-ring (bicyclic) bond motifs is 1. The van der Waals surface area contributed by atoms with Crippen LogP contribution in [-0.4, -0.2) is 82.4 Å². The van der Waals surface area contributed by atoms with E-state index >= 15 is 0 Å². The second-order valence-corrected chi connectivity index (χ2v) is 8.63. The van der Waals surface area contributed by atoms with Crippen LogP contribution in [0.1, 0.15) is 15.9 Å². The zero-order valence-electron chi connectivity index (χ0n) is 20.7. The van der Waals surface area contributed by atoms with Crippen molar-refractivity contribution in [3.8, 4) is 5.75 Å². The quantitative estimate of drug-likeness (QED) is 0.129. The van der Waals surface area contributed by atoms with E-state index in [1.165, 1.54) is 7.11 Å². The van der Waals surface area contributed by atoms with Gasteiger partial charge >= 0.3 is 5.97 Å². The molecule has 0 spiro atoms. The first-order valence-electron chi connectivity index (χ1n) is 12.0. The summed E-state index contributed by atoms with van der Waals surface area (Å²) in [5.41, 5.74) is 2.66. The summed E-state index contributed by atoms with van der Waals surface area (Å²) in [6.07, 6.45) is 2.02. The van der Waals surface area contributed by atoms with E-state index in [4.69, 9.17) is 28.4 Å². The van der Waals surface area contributed by atoms with Crippen molar-refractivity contribution in [1.82, 2.24) is 4.57 Å². The lowest BCUT2D eigenvalue weighted by Crippen LogP contribution is -2.14. The molecule has 0 radical (unpaired) electrons. The van der Waals surface area contributed by atoms with Gasteiger partial charge in [-0.3, -0.25) is 0 Å². The SMILES string of the molecule is COC(=O)c1ccc2ccn(Cc3ccc(OCCOCCOCCOCCOCCBr)cc3)c2c1. The molecule has 0 bridgehead atoms. The third-order valence-electron chi connectivity index (χ3n) is 5.31. The van der Waals surface area contributed by atoms with E-state index in [1.54, 1.807) is 6.07 Å². The summed E-state index contributed by atoms with van der Waals surface area (Å²) in [7, 11) is 1.39. The number of aromatic nitrogens is 1. The number of methoxy groups -OCH3 is 1. The molecular formula is C27H34BrNO7. The molecule has 0 aliphatic heterocycles. The van der Waals surface area contributed by atoms with Crippen LogP contribution in [0.4, 0.5) is 0 Å². The van der Waals surface area contributed by atoms with Gasteiger partial charge < -0.3 is 33.0 Å². The highest BCUT2D eigenvalue weighted by Crippen LogP contribution is 2.20. The first kappa shape index (κ1) is 28.1. The molecule has 36 heavy (non-hydrogen) atoms. The molecule has 0 atom stereocenters. The predicted molar refractivity (Wildman–Crippen MR) is 141 cm³/mol. The minimum Gasteiger partial charge on any atom is -0.491 e. The van der Waals surface area contributed by atoms with Crippen molar-refractivity contribution in [1.29, 1.82) is 0 Å². The Morgan fingerprint density at radius 3 is 2.00 bits per heavy atom. The molecule has 0 saturated heterocycles. The largest absolute Gasteiger partial charge is 0.491 e. The van der Waals surface area contributed by atoms with Crippen LogP contribution in [0.2, 0.25) is 0 Å². The molecule has 0 unspecified atom stereocenters. The summed E-state index contributed by atoms with van der Waals surface area (Å²) in [5, 5.41) is 1.91. The summed E-state index contributed by atoms with van der Waals surface area (Å²) < 4.78 is 34.4. The highest BCUT2D eigenvalue weighted by atomic mass is 79.9. The zero-order chi connectivity index (χ0) is 25.4. The average molecular weight is 564 g/mol. The van der Waals surface area contributed by atoms with E-state index in [9.17, 15) is 4.79 Å². The topological polar surface area (TPSA) is 77.4 Å². The monoisotopic (exact) mass is 563 g/mol. The van der Waals surface area contributed by atoms with Gasteiger partial charge in [-0.25, -0.2) is 4.79 Å². The third-order valence-corrected chi connectivity index (χ3v) is 5.63. The molecule has 8 nitrogen and oxygen atoms in total. The lowest BCUT2D eigenvalue weighted by Gasteiger charge is -2.10. The fourth-order valence-corrected chi connectivity index (χ4v) is 3.72. The molecule has 3 rings (SSSR count). The number of carbonyl (C=O) groups is 1. The van der Waals surface area contributed by atoms with Crippen molar-refractivity contribution in [2.45, 2.75) is 6.54 Å². The van der Waals surface area contributed by atoms with Gasteiger partial charge in [-0.1, -0.05) is 34.1 Å². The normalized spacial score (nSPS) is 11.2. The maximum atomic E-state index is 11.9. The van der Waals surface area contributed by atoms with Crippen LogP contribution in [0, 0.1) is 0 Å². The predicted octanol–water partition coefficient (Wildman–Crippen LogP) is 4.32. The molecule has 0 aliphatic carbocycles. The number of benzene rings is 2. The first-order valence-corrected chi connectivity index (χ1v) is 13.1. The van der Waals surface area contributed by atoms with E-state index in [0.29, 0.717) is 71.6 Å². The van der Waals surface area contributed by atoms with Crippen molar-refractivity contribution in [2.75, 3.05) is 71.9 Å². The summed E-state index contributed by atoms with van der Waals surface area (Å²) in [6.45, 7) is 5.63. The number of esters is 1. The summed E-state index contributed by atoms with van der Waals surface area (Å²) >= 11 is 3.30. The fourth-order valence-electron chi connectivity index (χ4n) is 3.49. The van der Waals surface area contributed by atoms with Gasteiger partial charge in [0.05, 0.1) is 65.5 Å². The Bertz CT molecular complexity index is 1040. The van der Waals surface area contributed by atoms with Gasteiger partial charge in [-0.05, 0) is 41.3 Å². The number of rotatable bonds is 18. The lowest BCUT2D eigenvalue weighted by atomic mass is 10.1. The molecule has 3 aromatic rings. The number of hydrogen-bond acceptors (Lipinski definition) is 7. The first-order chi connectivity index (χ1) is 17.7. The van der Waals surface area contributed by atoms with Gasteiger partial charge in [-0.2, -0.15) is 0 Å². The van der Waals surface area contributed by atoms with Crippen LogP contribution in [0.5, 0.6) is 5.75 Å². The van der Waals surface area contributed by atoms with Crippen molar-refractivity contribution >= 4 is 32.8 Å². The van der Waals surface area contributed by atoms with Gasteiger partial charge in [0.25, 0.3) is 0 Å². The van der Waals surface area contributed by atoms with Crippen molar-refractivity contribution in [2.24, 2.45) is 0 Å². The second kappa shape index (κ2) is 16.3. The van der Waals surface area contributed by atoms with Gasteiger partial charge in [-0.15, -0.1) is 0 Å². The number of nitrogens with zero attached hydrogens (tertiary/aromatic N) is 1. The van der Waals surface area contributed by atoms with E-state index < -0.39 is 0 Å². The molecule has 9 heteroatoms. The standard InChI is InChI=1S/C27H34BrNO7/c1-31-27(30)24-5-4-23-8-10-29(26(23)20-24)21-22-2-6-25(7-3-22)36-19-18-35-17-16-34-15-14-33-13-12-32-11-9-28/h2-8,10,20H,9,11-19,21H2,1H3. The van der Waals surface area contributed by atoms with E-state index in [-0.39, 0.29) is 5.97 Å². The Balaban J connectivity index is 1.28. The van der Waals surface area contributed by atoms with E-state index in [1.807, 2.05) is 48.7 Å². The van der Waals surface area contributed by atoms with Crippen LogP contribution in [-0.2, 0) is 30.2 Å². The molecule has 196 valence electrons. The van der Waals surface area contributed by atoms with Crippen LogP contribution >= 0.6 is 15.9 Å². The zero-order valence-corrected chi connectivity index (χ0v) is 22.2. The minimum absolute atomic E-state index is 0.338. The fraction of sp³-hybridized carbons (Fsp3) is 0.444. The van der Waals surface area contributed by atoms with E-state index in [2.05, 4.69) is 20.5 Å². The minimum atomic E-state index is -0.338. The lowest BCUT2D eigenvalue weighted by molar-refractivity contribution is -0.00315. The Morgan fingerprint density at radius 2 is 1.39 bits per heavy atom. The molecule has 0 N–H and O–H groups in total. The summed E-state index contributed by atoms with van der Waals surface area (Å²) in [4.78, 5) is 11.9. The van der Waals surface area contributed by atoms with Crippen molar-refractivity contribution in [3.63, 3.8) is 0 Å². The molecule has 1 aromatic heterocycles. The summed E-state index contributed by atoms with van der Waals surface area (Å²) in [5.74, 6) is 0.455. The van der Waals surface area contributed by atoms with Crippen LogP contribution < -0.4 is 4.74 Å². The smallest absolute Gasteiger partial charge is 0.337 e. The molecule has 2 aromatic carbocycles. The Kier molecular flexibility index (Phi) is 12.8. The maximum absolute atomic E-state index is 11.9. The van der Waals surface area contributed by atoms with Crippen LogP contribution in [0.25, 0.3) is 10.9 Å². The molecule has 0 fully saturated rings. The molecular weight excluding hydrogens is 530 g/mol. The van der Waals surface area contributed by atoms with Gasteiger partial charge in [0.2, 0.25) is 0 Å². The van der Waals surface area contributed by atoms with Crippen molar-refractivity contribution < 1.29 is 33.2 Å². The van der Waals surface area contributed by atoms with Crippen molar-refractivity contribution in [3.05, 3.63) is 65.9 Å². The Hall–Kier alpha value is -2.43. The maximum Gasteiger partial charge on any atom is 0.337 e. The van der Waals surface area contributed by atoms with Gasteiger partial charge in [0.1, 0.15) is 12.4 Å². The highest BCUT2D eigenvalue weighted by Gasteiger charge is 2.09. The van der Waals surface area contributed by atoms with E-state index in [0.717, 1.165) is 27.5 Å². The number of halogens is 1. The Labute approximate surface area is 220 Å². The number of ether oxygens (including phenoxy) is 6. The van der Waals surface area contributed by atoms with Gasteiger partial charge in [0.15, 0.2) is 0 Å². The molecule has 0 aliphatic rings. The molecule has 1 heterocycles. The summed E-state index contributed by atoms with van der Waals surface area (Å²) in [6, 6.07) is 15.6. The Morgan fingerprint density at radius 1 is 0.778 bits per heavy atom. The molecule has 0 saturated carbocycles. The van der Waals surface area contributed by atoms with Gasteiger partial charge in [0, 0.05) is 23.6 Å². The van der Waals surface area contributed by atoms with Crippen LogP contribution in [0.3, 0.4) is 0 Å². The van der Waals surface area contributed by atoms with Crippen LogP contribution in [0.15, 0.2) is 54.7 Å². The number of hydrogen-bond donors (Lipinski definition) is 0. The average Bonchev–Trinajstić information content (AvgIpc) is 3.31. The number of carbonyl (C=O) groups excluding carboxylic acids is 1. The third kappa shape index (κ3) is 9.55. The second-order valence-electron chi connectivity index (χ2n) is 7.84. The highest BCUT2D eigenvalue weighted by molar-refractivity contribution is 9.09.